The van der Waals surface area contributed by atoms with E-state index in [9.17, 15) is 20.2 Å². The molecule has 2 rings (SSSR count). The lowest BCUT2D eigenvalue weighted by Gasteiger charge is -2.06. The van der Waals surface area contributed by atoms with Gasteiger partial charge in [-0.15, -0.1) is 0 Å². The fraction of sp³-hybridized carbons (Fsp3) is 0.0833. The third-order valence-electron chi connectivity index (χ3n) is 2.60. The van der Waals surface area contributed by atoms with Gasteiger partial charge in [0.25, 0.3) is 0 Å². The summed E-state index contributed by atoms with van der Waals surface area (Å²) in [7, 11) is 0. The molecular weight excluding hydrogens is 280 g/mol. The molecule has 0 aliphatic rings. The van der Waals surface area contributed by atoms with Crippen molar-refractivity contribution in [2.45, 2.75) is 6.92 Å². The summed E-state index contributed by atoms with van der Waals surface area (Å²) in [6.45, 7) is 1.71. The van der Waals surface area contributed by atoms with Crippen molar-refractivity contribution in [2.24, 2.45) is 0 Å². The van der Waals surface area contributed by atoms with Crippen molar-refractivity contribution in [1.29, 1.82) is 0 Å². The Bertz CT molecular complexity index is 732. The predicted octanol–water partition coefficient (Wildman–Crippen LogP) is 2.58. The van der Waals surface area contributed by atoms with E-state index >= 15 is 0 Å². The van der Waals surface area contributed by atoms with Crippen LogP contribution in [0.5, 0.6) is 11.6 Å². The van der Waals surface area contributed by atoms with Gasteiger partial charge in [0.05, 0.1) is 9.85 Å². The fourth-order valence-electron chi connectivity index (χ4n) is 1.63. The average Bonchev–Trinajstić information content (AvgIpc) is 2.40. The molecule has 0 unspecified atom stereocenters. The molecule has 9 nitrogen and oxygen atoms in total. The van der Waals surface area contributed by atoms with Gasteiger partial charge < -0.3 is 10.5 Å². The van der Waals surface area contributed by atoms with Gasteiger partial charge in [-0.2, -0.15) is 4.98 Å². The third-order valence-corrected chi connectivity index (χ3v) is 2.60. The van der Waals surface area contributed by atoms with E-state index in [1.165, 1.54) is 18.2 Å². The zero-order valence-electron chi connectivity index (χ0n) is 10.8. The minimum atomic E-state index is -0.680. The maximum absolute atomic E-state index is 11.0. The summed E-state index contributed by atoms with van der Waals surface area (Å²) in [5.41, 5.74) is 5.54. The number of aromatic nitrogens is 1. The van der Waals surface area contributed by atoms with Crippen LogP contribution in [-0.4, -0.2) is 14.8 Å². The Morgan fingerprint density at radius 1 is 1.10 bits per heavy atom. The molecule has 21 heavy (non-hydrogen) atoms. The molecule has 2 aromatic rings. The number of nitrogens with zero attached hydrogens (tertiary/aromatic N) is 3. The molecule has 0 amide bonds. The Hall–Kier alpha value is -3.23. The van der Waals surface area contributed by atoms with E-state index in [4.69, 9.17) is 10.5 Å². The molecule has 2 N–H and O–H groups in total. The van der Waals surface area contributed by atoms with Crippen LogP contribution in [0, 0.1) is 27.2 Å². The van der Waals surface area contributed by atoms with Gasteiger partial charge in [-0.05, 0) is 18.6 Å². The van der Waals surface area contributed by atoms with Gasteiger partial charge in [0.1, 0.15) is 0 Å². The van der Waals surface area contributed by atoms with Crippen LogP contribution in [0.4, 0.5) is 17.2 Å². The highest BCUT2D eigenvalue weighted by atomic mass is 16.6. The summed E-state index contributed by atoms with van der Waals surface area (Å²) >= 11 is 0. The van der Waals surface area contributed by atoms with E-state index in [0.717, 1.165) is 6.07 Å². The predicted molar refractivity (Wildman–Crippen MR) is 73.2 cm³/mol. The van der Waals surface area contributed by atoms with Crippen LogP contribution in [0.2, 0.25) is 0 Å². The molecule has 0 saturated carbocycles. The second kappa shape index (κ2) is 5.41. The monoisotopic (exact) mass is 290 g/mol. The highest BCUT2D eigenvalue weighted by Crippen LogP contribution is 2.32. The van der Waals surface area contributed by atoms with Crippen LogP contribution < -0.4 is 10.5 Å². The molecule has 0 bridgehead atoms. The van der Waals surface area contributed by atoms with Crippen LogP contribution >= 0.6 is 0 Å². The van der Waals surface area contributed by atoms with E-state index in [0.29, 0.717) is 5.56 Å². The van der Waals surface area contributed by atoms with Gasteiger partial charge in [-0.1, -0.05) is 6.07 Å². The van der Waals surface area contributed by atoms with E-state index in [1.54, 1.807) is 13.0 Å². The normalized spacial score (nSPS) is 10.1. The lowest BCUT2D eigenvalue weighted by atomic mass is 10.2. The number of nitrogen functional groups attached to an aromatic ring is 1. The number of aryl methyl sites for hydroxylation is 1. The number of rotatable bonds is 4. The fourth-order valence-corrected chi connectivity index (χ4v) is 1.63. The molecule has 0 atom stereocenters. The number of hydrogen-bond acceptors (Lipinski definition) is 7. The Labute approximate surface area is 118 Å². The smallest absolute Gasteiger partial charge is 0.311 e. The second-order valence-corrected chi connectivity index (χ2v) is 4.14. The van der Waals surface area contributed by atoms with E-state index in [1.807, 2.05) is 0 Å². The number of ether oxygens (including phenoxy) is 1. The molecule has 9 heteroatoms. The molecule has 1 heterocycles. The van der Waals surface area contributed by atoms with Crippen LogP contribution in [0.15, 0.2) is 30.3 Å². The third kappa shape index (κ3) is 3.03. The van der Waals surface area contributed by atoms with Crippen LogP contribution in [0.1, 0.15) is 5.56 Å². The maximum Gasteiger partial charge on any atom is 0.311 e. The molecule has 0 saturated heterocycles. The van der Waals surface area contributed by atoms with Gasteiger partial charge in [0.15, 0.2) is 0 Å². The van der Waals surface area contributed by atoms with E-state index in [2.05, 4.69) is 4.98 Å². The summed E-state index contributed by atoms with van der Waals surface area (Å²) in [5, 5.41) is 21.6. The van der Waals surface area contributed by atoms with Crippen molar-refractivity contribution in [2.75, 3.05) is 5.73 Å². The summed E-state index contributed by atoms with van der Waals surface area (Å²) in [6, 6.07) is 6.75. The number of pyridine rings is 1. The van der Waals surface area contributed by atoms with Crippen molar-refractivity contribution >= 4 is 17.2 Å². The maximum atomic E-state index is 11.0. The largest absolute Gasteiger partial charge is 0.432 e. The van der Waals surface area contributed by atoms with E-state index in [-0.39, 0.29) is 28.8 Å². The van der Waals surface area contributed by atoms with E-state index < -0.39 is 9.85 Å². The first-order valence-corrected chi connectivity index (χ1v) is 5.72. The molecule has 0 fully saturated rings. The van der Waals surface area contributed by atoms with Gasteiger partial charge in [0, 0.05) is 18.2 Å². The molecule has 0 aliphatic heterocycles. The van der Waals surface area contributed by atoms with Crippen LogP contribution in [-0.2, 0) is 0 Å². The zero-order valence-corrected chi connectivity index (χ0v) is 10.8. The SMILES string of the molecule is Cc1ccc(Oc2ccc([N+](=O)[O-])c(N)n2)c([N+](=O)[O-])c1. The van der Waals surface area contributed by atoms with Crippen LogP contribution in [0.25, 0.3) is 0 Å². The van der Waals surface area contributed by atoms with Crippen molar-refractivity contribution in [1.82, 2.24) is 4.98 Å². The molecule has 0 radical (unpaired) electrons. The number of nitro benzene ring substituents is 1. The molecule has 108 valence electrons. The number of hydrogen-bond donors (Lipinski definition) is 1. The number of nitrogens with two attached hydrogens (primary N) is 1. The summed E-state index contributed by atoms with van der Waals surface area (Å²) < 4.78 is 5.29. The van der Waals surface area contributed by atoms with Crippen molar-refractivity contribution in [3.8, 4) is 11.6 Å². The van der Waals surface area contributed by atoms with Gasteiger partial charge in [0.2, 0.25) is 17.4 Å². The molecule has 0 spiro atoms. The molecular formula is C12H10N4O5. The zero-order chi connectivity index (χ0) is 15.6. The molecule has 0 aliphatic carbocycles. The quantitative estimate of drug-likeness (QED) is 0.675. The van der Waals surface area contributed by atoms with Crippen molar-refractivity contribution in [3.05, 3.63) is 56.1 Å². The summed E-state index contributed by atoms with van der Waals surface area (Å²) in [6.07, 6.45) is 0. The topological polar surface area (TPSA) is 134 Å². The Balaban J connectivity index is 2.37. The minimum Gasteiger partial charge on any atom is -0.432 e. The first-order valence-electron chi connectivity index (χ1n) is 5.72. The standard InChI is InChI=1S/C12H10N4O5/c1-7-2-4-10(9(6-7)16(19)20)21-11-5-3-8(15(17)18)12(13)14-11/h2-6H,1H3,(H2,13,14). The van der Waals surface area contributed by atoms with Crippen molar-refractivity contribution < 1.29 is 14.6 Å². The van der Waals surface area contributed by atoms with Gasteiger partial charge in [-0.3, -0.25) is 20.2 Å². The average molecular weight is 290 g/mol. The number of benzene rings is 1. The number of anilines is 1. The summed E-state index contributed by atoms with van der Waals surface area (Å²) in [4.78, 5) is 24.0. The van der Waals surface area contributed by atoms with Crippen LogP contribution in [0.3, 0.4) is 0 Å². The van der Waals surface area contributed by atoms with Gasteiger partial charge in [-0.25, -0.2) is 0 Å². The minimum absolute atomic E-state index is 0.0219. The Kier molecular flexibility index (Phi) is 3.65. The Morgan fingerprint density at radius 2 is 1.76 bits per heavy atom. The van der Waals surface area contributed by atoms with Gasteiger partial charge >= 0.3 is 11.4 Å². The molecule has 1 aromatic heterocycles. The number of nitro groups is 2. The lowest BCUT2D eigenvalue weighted by molar-refractivity contribution is -0.385. The highest BCUT2D eigenvalue weighted by Gasteiger charge is 2.18. The first-order chi connectivity index (χ1) is 9.88. The lowest BCUT2D eigenvalue weighted by Crippen LogP contribution is -2.00. The second-order valence-electron chi connectivity index (χ2n) is 4.14. The molecule has 1 aromatic carbocycles. The highest BCUT2D eigenvalue weighted by molar-refractivity contribution is 5.55. The Morgan fingerprint density at radius 3 is 2.33 bits per heavy atom. The first kappa shape index (κ1) is 14.2. The summed E-state index contributed by atoms with van der Waals surface area (Å²) in [5.74, 6) is -0.413. The van der Waals surface area contributed by atoms with Crippen molar-refractivity contribution in [3.63, 3.8) is 0 Å².